The van der Waals surface area contributed by atoms with Crippen molar-refractivity contribution in [3.63, 3.8) is 0 Å². The number of carbonyl (C=O) groups is 2. The molecule has 0 bridgehead atoms. The molecule has 1 N–H and O–H groups in total. The number of rotatable bonds is 3. The van der Waals surface area contributed by atoms with E-state index < -0.39 is 5.97 Å². The third-order valence-electron chi connectivity index (χ3n) is 4.50. The summed E-state index contributed by atoms with van der Waals surface area (Å²) in [5, 5.41) is 17.3. The quantitative estimate of drug-likeness (QED) is 0.784. The molecule has 1 aromatic carbocycles. The molecule has 128 valence electrons. The fourth-order valence-electron chi connectivity index (χ4n) is 3.22. The number of furan rings is 1. The monoisotopic (exact) mass is 340 g/mol. The number of para-hydroxylation sites is 1. The number of carbonyl (C=O) groups excluding carboxylic acids is 1. The van der Waals surface area contributed by atoms with E-state index in [1.54, 1.807) is 4.90 Å². The molecule has 0 radical (unpaired) electrons. The number of likely N-dealkylation sites (tertiary alicyclic amines) is 1. The predicted molar refractivity (Wildman–Crippen MR) is 87.4 cm³/mol. The highest BCUT2D eigenvalue weighted by atomic mass is 16.4. The maximum atomic E-state index is 12.9. The van der Waals surface area contributed by atoms with E-state index in [0.29, 0.717) is 24.2 Å². The number of aromatic carboxylic acids is 1. The highest BCUT2D eigenvalue weighted by Gasteiger charge is 2.28. The first-order chi connectivity index (χ1) is 12.1. The van der Waals surface area contributed by atoms with Gasteiger partial charge in [-0.15, -0.1) is 5.10 Å². The van der Waals surface area contributed by atoms with Crippen LogP contribution in [0.15, 0.2) is 41.1 Å². The Morgan fingerprint density at radius 1 is 1.28 bits per heavy atom. The predicted octanol–water partition coefficient (Wildman–Crippen LogP) is 2.20. The first-order valence-electron chi connectivity index (χ1n) is 8.04. The largest absolute Gasteiger partial charge is 0.476 e. The SMILES string of the molecule is O=C(O)c1cn(C2CCCN(C(=O)c3coc4ccccc34)C2)nn1. The summed E-state index contributed by atoms with van der Waals surface area (Å²) in [5.74, 6) is -1.20. The summed E-state index contributed by atoms with van der Waals surface area (Å²) in [6, 6.07) is 7.34. The lowest BCUT2D eigenvalue weighted by molar-refractivity contribution is 0.0666. The van der Waals surface area contributed by atoms with Crippen molar-refractivity contribution in [2.75, 3.05) is 13.1 Å². The standard InChI is InChI=1S/C17H16N4O4/c22-16(13-10-25-15-6-2-1-5-12(13)15)20-7-3-4-11(8-20)21-9-14(17(23)24)18-19-21/h1-2,5-6,9-11H,3-4,7-8H2,(H,23,24). The van der Waals surface area contributed by atoms with Gasteiger partial charge in [0.2, 0.25) is 0 Å². The molecule has 1 amide bonds. The second kappa shape index (κ2) is 6.04. The van der Waals surface area contributed by atoms with Crippen LogP contribution in [0.1, 0.15) is 39.7 Å². The van der Waals surface area contributed by atoms with Crippen LogP contribution in [0, 0.1) is 0 Å². The van der Waals surface area contributed by atoms with Crippen LogP contribution in [-0.4, -0.2) is 50.0 Å². The van der Waals surface area contributed by atoms with Gasteiger partial charge in [-0.3, -0.25) is 4.79 Å². The summed E-state index contributed by atoms with van der Waals surface area (Å²) in [5.41, 5.74) is 1.13. The van der Waals surface area contributed by atoms with Crippen LogP contribution in [0.25, 0.3) is 11.0 Å². The van der Waals surface area contributed by atoms with E-state index in [9.17, 15) is 9.59 Å². The lowest BCUT2D eigenvalue weighted by Gasteiger charge is -2.32. The Hall–Kier alpha value is -3.16. The van der Waals surface area contributed by atoms with Crippen molar-refractivity contribution in [2.45, 2.75) is 18.9 Å². The van der Waals surface area contributed by atoms with Crippen molar-refractivity contribution < 1.29 is 19.1 Å². The molecule has 3 aromatic rings. The third kappa shape index (κ3) is 2.75. The van der Waals surface area contributed by atoms with E-state index in [4.69, 9.17) is 9.52 Å². The van der Waals surface area contributed by atoms with Crippen molar-refractivity contribution in [1.82, 2.24) is 19.9 Å². The molecule has 1 unspecified atom stereocenters. The number of hydrogen-bond acceptors (Lipinski definition) is 5. The zero-order valence-electron chi connectivity index (χ0n) is 13.3. The van der Waals surface area contributed by atoms with Crippen LogP contribution in [0.3, 0.4) is 0 Å². The summed E-state index contributed by atoms with van der Waals surface area (Å²) in [4.78, 5) is 25.6. The summed E-state index contributed by atoms with van der Waals surface area (Å²) in [7, 11) is 0. The van der Waals surface area contributed by atoms with E-state index in [1.807, 2.05) is 24.3 Å². The van der Waals surface area contributed by atoms with Gasteiger partial charge in [-0.05, 0) is 18.9 Å². The molecule has 1 aliphatic rings. The molecule has 1 atom stereocenters. The fraction of sp³-hybridized carbons (Fsp3) is 0.294. The first-order valence-corrected chi connectivity index (χ1v) is 8.04. The van der Waals surface area contributed by atoms with Crippen molar-refractivity contribution in [3.05, 3.63) is 48.0 Å². The highest BCUT2D eigenvalue weighted by Crippen LogP contribution is 2.26. The molecular formula is C17H16N4O4. The lowest BCUT2D eigenvalue weighted by atomic mass is 10.0. The van der Waals surface area contributed by atoms with Gasteiger partial charge >= 0.3 is 5.97 Å². The molecule has 0 aliphatic carbocycles. The van der Waals surface area contributed by atoms with Gasteiger partial charge in [-0.1, -0.05) is 23.4 Å². The topological polar surface area (TPSA) is 101 Å². The average Bonchev–Trinajstić information content (AvgIpc) is 3.28. The second-order valence-electron chi connectivity index (χ2n) is 6.08. The van der Waals surface area contributed by atoms with Crippen LogP contribution in [0.4, 0.5) is 0 Å². The number of benzene rings is 1. The number of piperidine rings is 1. The number of carboxylic acids is 1. The number of aromatic nitrogens is 3. The van der Waals surface area contributed by atoms with E-state index in [0.717, 1.165) is 18.2 Å². The van der Waals surface area contributed by atoms with E-state index >= 15 is 0 Å². The molecule has 4 rings (SSSR count). The fourth-order valence-corrected chi connectivity index (χ4v) is 3.22. The Kier molecular flexibility index (Phi) is 3.72. The Balaban J connectivity index is 1.56. The smallest absolute Gasteiger partial charge is 0.358 e. The van der Waals surface area contributed by atoms with Gasteiger partial charge < -0.3 is 14.4 Å². The highest BCUT2D eigenvalue weighted by molar-refractivity contribution is 6.05. The second-order valence-corrected chi connectivity index (χ2v) is 6.08. The average molecular weight is 340 g/mol. The van der Waals surface area contributed by atoms with Crippen LogP contribution in [0.5, 0.6) is 0 Å². The molecule has 8 nitrogen and oxygen atoms in total. The van der Waals surface area contributed by atoms with Crippen molar-refractivity contribution >= 4 is 22.8 Å². The van der Waals surface area contributed by atoms with E-state index in [-0.39, 0.29) is 17.6 Å². The molecule has 0 saturated carbocycles. The van der Waals surface area contributed by atoms with Gasteiger partial charge in [0.05, 0.1) is 17.8 Å². The normalized spacial score (nSPS) is 17.8. The molecule has 2 aromatic heterocycles. The lowest BCUT2D eigenvalue weighted by Crippen LogP contribution is -2.40. The summed E-state index contributed by atoms with van der Waals surface area (Å²) in [6.07, 6.45) is 4.54. The number of amides is 1. The summed E-state index contributed by atoms with van der Waals surface area (Å²) >= 11 is 0. The van der Waals surface area contributed by atoms with Gasteiger partial charge in [0, 0.05) is 18.5 Å². The first kappa shape index (κ1) is 15.4. The Bertz CT molecular complexity index is 945. The maximum Gasteiger partial charge on any atom is 0.358 e. The molecule has 1 fully saturated rings. The molecule has 1 aliphatic heterocycles. The Morgan fingerprint density at radius 3 is 2.92 bits per heavy atom. The molecule has 3 heterocycles. The molecule has 25 heavy (non-hydrogen) atoms. The van der Waals surface area contributed by atoms with Gasteiger partial charge in [0.1, 0.15) is 11.8 Å². The molecule has 1 saturated heterocycles. The maximum absolute atomic E-state index is 12.9. The zero-order chi connectivity index (χ0) is 17.4. The molecule has 0 spiro atoms. The zero-order valence-corrected chi connectivity index (χ0v) is 13.3. The van der Waals surface area contributed by atoms with Crippen LogP contribution in [-0.2, 0) is 0 Å². The van der Waals surface area contributed by atoms with Crippen LogP contribution < -0.4 is 0 Å². The van der Waals surface area contributed by atoms with Gasteiger partial charge in [0.15, 0.2) is 5.69 Å². The minimum absolute atomic E-state index is 0.0866. The summed E-state index contributed by atoms with van der Waals surface area (Å²) < 4.78 is 7.00. The minimum Gasteiger partial charge on any atom is -0.476 e. The number of carboxylic acid groups (broad SMARTS) is 1. The van der Waals surface area contributed by atoms with Crippen molar-refractivity contribution in [3.8, 4) is 0 Å². The van der Waals surface area contributed by atoms with Gasteiger partial charge in [-0.25, -0.2) is 9.48 Å². The van der Waals surface area contributed by atoms with Crippen LogP contribution >= 0.6 is 0 Å². The molecular weight excluding hydrogens is 324 g/mol. The number of hydrogen-bond donors (Lipinski definition) is 1. The third-order valence-corrected chi connectivity index (χ3v) is 4.50. The number of fused-ring (bicyclic) bond motifs is 1. The summed E-state index contributed by atoms with van der Waals surface area (Å²) in [6.45, 7) is 1.11. The number of nitrogens with zero attached hydrogens (tertiary/aromatic N) is 4. The van der Waals surface area contributed by atoms with Crippen molar-refractivity contribution in [2.24, 2.45) is 0 Å². The minimum atomic E-state index is -1.11. The van der Waals surface area contributed by atoms with E-state index in [1.165, 1.54) is 17.1 Å². The van der Waals surface area contributed by atoms with Gasteiger partial charge in [-0.2, -0.15) is 0 Å². The Labute approximate surface area is 142 Å². The van der Waals surface area contributed by atoms with Crippen molar-refractivity contribution in [1.29, 1.82) is 0 Å². The molecule has 8 heteroatoms. The van der Waals surface area contributed by atoms with Gasteiger partial charge in [0.25, 0.3) is 5.91 Å². The van der Waals surface area contributed by atoms with E-state index in [2.05, 4.69) is 10.3 Å². The van der Waals surface area contributed by atoms with Crippen LogP contribution in [0.2, 0.25) is 0 Å². The Morgan fingerprint density at radius 2 is 2.12 bits per heavy atom.